The number of hydrogen-bond donors (Lipinski definition) is 2. The molecule has 0 aromatic heterocycles. The van der Waals surface area contributed by atoms with Crippen molar-refractivity contribution >= 4 is 0 Å². The van der Waals surface area contributed by atoms with E-state index in [0.29, 0.717) is 18.0 Å². The van der Waals surface area contributed by atoms with Crippen LogP contribution in [0.1, 0.15) is 43.6 Å². The van der Waals surface area contributed by atoms with Crippen LogP contribution in [-0.4, -0.2) is 48.3 Å². The van der Waals surface area contributed by atoms with Crippen molar-refractivity contribution in [2.24, 2.45) is 11.8 Å². The summed E-state index contributed by atoms with van der Waals surface area (Å²) in [6.45, 7) is 3.72. The Balaban J connectivity index is 1.42. The second-order valence-electron chi connectivity index (χ2n) is 7.85. The zero-order valence-corrected chi connectivity index (χ0v) is 14.0. The van der Waals surface area contributed by atoms with Gasteiger partial charge in [-0.25, -0.2) is 0 Å². The van der Waals surface area contributed by atoms with E-state index in [0.717, 1.165) is 18.4 Å². The van der Waals surface area contributed by atoms with Gasteiger partial charge in [0, 0.05) is 31.1 Å². The first-order chi connectivity index (χ1) is 11.4. The summed E-state index contributed by atoms with van der Waals surface area (Å²) >= 11 is 0. The SMILES string of the molecule is OC[C@H]1[C@@H](c2ccccc2)[C@H](CNCC2CCC2)N1CC1CC1. The van der Waals surface area contributed by atoms with E-state index in [2.05, 4.69) is 40.5 Å². The third-order valence-corrected chi connectivity index (χ3v) is 6.23. The Morgan fingerprint density at radius 3 is 2.35 bits per heavy atom. The number of rotatable bonds is 8. The minimum atomic E-state index is 0.283. The maximum absolute atomic E-state index is 9.94. The highest BCUT2D eigenvalue weighted by atomic mass is 16.3. The largest absolute Gasteiger partial charge is 0.395 e. The summed E-state index contributed by atoms with van der Waals surface area (Å²) in [6, 6.07) is 11.7. The molecule has 3 atom stereocenters. The highest BCUT2D eigenvalue weighted by molar-refractivity contribution is 5.28. The molecule has 0 radical (unpaired) electrons. The zero-order valence-electron chi connectivity index (χ0n) is 14.0. The maximum atomic E-state index is 9.94. The molecular formula is C20H30N2O. The first kappa shape index (κ1) is 15.6. The van der Waals surface area contributed by atoms with Gasteiger partial charge in [0.2, 0.25) is 0 Å². The van der Waals surface area contributed by atoms with E-state index in [9.17, 15) is 5.11 Å². The summed E-state index contributed by atoms with van der Waals surface area (Å²) < 4.78 is 0. The van der Waals surface area contributed by atoms with Gasteiger partial charge in [-0.05, 0) is 49.6 Å². The van der Waals surface area contributed by atoms with Crippen LogP contribution in [0.2, 0.25) is 0 Å². The summed E-state index contributed by atoms with van der Waals surface area (Å²) in [5.41, 5.74) is 1.40. The van der Waals surface area contributed by atoms with Crippen LogP contribution in [-0.2, 0) is 0 Å². The zero-order chi connectivity index (χ0) is 15.6. The van der Waals surface area contributed by atoms with Gasteiger partial charge in [-0.15, -0.1) is 0 Å². The molecule has 4 rings (SSSR count). The number of nitrogens with zero attached hydrogens (tertiary/aromatic N) is 1. The molecule has 126 valence electrons. The molecule has 1 saturated heterocycles. The van der Waals surface area contributed by atoms with E-state index in [-0.39, 0.29) is 6.61 Å². The van der Waals surface area contributed by atoms with Crippen LogP contribution in [0.25, 0.3) is 0 Å². The second-order valence-corrected chi connectivity index (χ2v) is 7.85. The predicted octanol–water partition coefficient (Wildman–Crippen LogP) is 2.62. The molecule has 3 fully saturated rings. The first-order valence-electron chi connectivity index (χ1n) is 9.49. The molecule has 1 aromatic carbocycles. The average molecular weight is 314 g/mol. The molecule has 23 heavy (non-hydrogen) atoms. The van der Waals surface area contributed by atoms with Crippen molar-refractivity contribution in [3.05, 3.63) is 35.9 Å². The standard InChI is InChI=1S/C20H30N2O/c23-14-19-20(17-7-2-1-3-8-17)18(22(19)13-16-9-10-16)12-21-11-15-5-4-6-15/h1-3,7-8,15-16,18-21,23H,4-6,9-14H2/t18-,19-,20-/m0/s1. The minimum absolute atomic E-state index is 0.283. The van der Waals surface area contributed by atoms with Gasteiger partial charge in [-0.3, -0.25) is 4.90 Å². The molecule has 0 spiro atoms. The Morgan fingerprint density at radius 1 is 0.957 bits per heavy atom. The highest BCUT2D eigenvalue weighted by Crippen LogP contribution is 2.43. The molecule has 1 aromatic rings. The van der Waals surface area contributed by atoms with Gasteiger partial charge in [0.15, 0.2) is 0 Å². The molecule has 2 aliphatic carbocycles. The molecule has 0 bridgehead atoms. The van der Waals surface area contributed by atoms with Crippen LogP contribution in [0.15, 0.2) is 30.3 Å². The summed E-state index contributed by atoms with van der Waals surface area (Å²) in [4.78, 5) is 2.59. The fraction of sp³-hybridized carbons (Fsp3) is 0.700. The predicted molar refractivity (Wildman–Crippen MR) is 93.5 cm³/mol. The minimum Gasteiger partial charge on any atom is -0.395 e. The molecule has 3 heteroatoms. The Labute approximate surface area is 140 Å². The van der Waals surface area contributed by atoms with E-state index in [1.165, 1.54) is 50.8 Å². The summed E-state index contributed by atoms with van der Waals surface area (Å²) in [7, 11) is 0. The van der Waals surface area contributed by atoms with Crippen LogP contribution in [0.5, 0.6) is 0 Å². The lowest BCUT2D eigenvalue weighted by molar-refractivity contribution is -0.0457. The quantitative estimate of drug-likeness (QED) is 0.774. The van der Waals surface area contributed by atoms with Crippen molar-refractivity contribution in [2.75, 3.05) is 26.2 Å². The third kappa shape index (κ3) is 3.33. The molecule has 1 heterocycles. The molecule has 2 saturated carbocycles. The normalized spacial score (nSPS) is 31.6. The fourth-order valence-corrected chi connectivity index (χ4v) is 4.40. The van der Waals surface area contributed by atoms with Crippen LogP contribution in [0.4, 0.5) is 0 Å². The topological polar surface area (TPSA) is 35.5 Å². The van der Waals surface area contributed by atoms with Crippen LogP contribution in [0, 0.1) is 11.8 Å². The fourth-order valence-electron chi connectivity index (χ4n) is 4.40. The first-order valence-corrected chi connectivity index (χ1v) is 9.49. The lowest BCUT2D eigenvalue weighted by atomic mass is 9.74. The monoisotopic (exact) mass is 314 g/mol. The number of benzene rings is 1. The smallest absolute Gasteiger partial charge is 0.0593 e. The Morgan fingerprint density at radius 2 is 1.74 bits per heavy atom. The maximum Gasteiger partial charge on any atom is 0.0593 e. The van der Waals surface area contributed by atoms with E-state index in [4.69, 9.17) is 0 Å². The molecular weight excluding hydrogens is 284 g/mol. The van der Waals surface area contributed by atoms with Crippen LogP contribution >= 0.6 is 0 Å². The van der Waals surface area contributed by atoms with E-state index in [1.54, 1.807) is 0 Å². The number of aliphatic hydroxyl groups excluding tert-OH is 1. The van der Waals surface area contributed by atoms with Crippen molar-refractivity contribution in [3.8, 4) is 0 Å². The lowest BCUT2D eigenvalue weighted by Crippen LogP contribution is -2.67. The van der Waals surface area contributed by atoms with Crippen molar-refractivity contribution in [3.63, 3.8) is 0 Å². The van der Waals surface area contributed by atoms with Crippen LogP contribution < -0.4 is 5.32 Å². The van der Waals surface area contributed by atoms with Gasteiger partial charge >= 0.3 is 0 Å². The highest BCUT2D eigenvalue weighted by Gasteiger charge is 2.49. The van der Waals surface area contributed by atoms with E-state index < -0.39 is 0 Å². The van der Waals surface area contributed by atoms with Crippen molar-refractivity contribution in [1.29, 1.82) is 0 Å². The van der Waals surface area contributed by atoms with E-state index in [1.807, 2.05) is 0 Å². The van der Waals surface area contributed by atoms with Crippen molar-refractivity contribution < 1.29 is 5.11 Å². The number of likely N-dealkylation sites (tertiary alicyclic amines) is 1. The number of nitrogens with one attached hydrogen (secondary N) is 1. The van der Waals surface area contributed by atoms with Crippen molar-refractivity contribution in [2.45, 2.75) is 50.1 Å². The van der Waals surface area contributed by atoms with Gasteiger partial charge in [0.25, 0.3) is 0 Å². The molecule has 0 unspecified atom stereocenters. The second kappa shape index (κ2) is 6.92. The third-order valence-electron chi connectivity index (χ3n) is 6.23. The molecule has 2 N–H and O–H groups in total. The average Bonchev–Trinajstić information content (AvgIpc) is 3.34. The molecule has 3 nitrogen and oxygen atoms in total. The number of hydrogen-bond acceptors (Lipinski definition) is 3. The molecule has 1 aliphatic heterocycles. The Kier molecular flexibility index (Phi) is 4.70. The lowest BCUT2D eigenvalue weighted by Gasteiger charge is -2.55. The van der Waals surface area contributed by atoms with Crippen molar-refractivity contribution in [1.82, 2.24) is 10.2 Å². The van der Waals surface area contributed by atoms with Gasteiger partial charge in [0.1, 0.15) is 0 Å². The van der Waals surface area contributed by atoms with Gasteiger partial charge < -0.3 is 10.4 Å². The number of aliphatic hydroxyl groups is 1. The molecule has 0 amide bonds. The van der Waals surface area contributed by atoms with E-state index >= 15 is 0 Å². The molecule has 3 aliphatic rings. The Hall–Kier alpha value is -0.900. The summed E-state index contributed by atoms with van der Waals surface area (Å²) in [5.74, 6) is 2.28. The van der Waals surface area contributed by atoms with Gasteiger partial charge in [-0.1, -0.05) is 36.8 Å². The van der Waals surface area contributed by atoms with Gasteiger partial charge in [-0.2, -0.15) is 0 Å². The van der Waals surface area contributed by atoms with Crippen LogP contribution in [0.3, 0.4) is 0 Å². The van der Waals surface area contributed by atoms with Gasteiger partial charge in [0.05, 0.1) is 6.61 Å². The summed E-state index contributed by atoms with van der Waals surface area (Å²) in [5, 5.41) is 13.7. The summed E-state index contributed by atoms with van der Waals surface area (Å²) in [6.07, 6.45) is 7.00. The Bertz CT molecular complexity index is 498.